The Bertz CT molecular complexity index is 957. The summed E-state index contributed by atoms with van der Waals surface area (Å²) in [6.07, 6.45) is 3.92. The minimum absolute atomic E-state index is 0.00139. The fourth-order valence-electron chi connectivity index (χ4n) is 6.43. The largest absolute Gasteiger partial charge is 0.363 e. The molecule has 0 aromatic heterocycles. The van der Waals surface area contributed by atoms with Crippen LogP contribution in [-0.4, -0.2) is 47.0 Å². The quantitative estimate of drug-likeness (QED) is 0.347. The normalized spacial score (nSPS) is 28.2. The number of ketones is 2. The van der Waals surface area contributed by atoms with Crippen LogP contribution in [0.15, 0.2) is 0 Å². The summed E-state index contributed by atoms with van der Waals surface area (Å²) < 4.78 is 0. The summed E-state index contributed by atoms with van der Waals surface area (Å²) in [4.78, 5) is 64.7. The molecule has 0 saturated heterocycles. The number of nitrogens with two attached hydrogens (primary N) is 1. The summed E-state index contributed by atoms with van der Waals surface area (Å²) in [5.41, 5.74) is 4.15. The molecule has 3 rings (SSSR count). The van der Waals surface area contributed by atoms with E-state index in [1.807, 2.05) is 41.5 Å². The Morgan fingerprint density at radius 3 is 2.03 bits per heavy atom. The van der Waals surface area contributed by atoms with Crippen LogP contribution in [-0.2, 0) is 19.2 Å². The van der Waals surface area contributed by atoms with Crippen LogP contribution in [0, 0.1) is 40.4 Å². The number of nitrogens with one attached hydrogen (secondary N) is 3. The second-order valence-electron chi connectivity index (χ2n) is 14.2. The lowest BCUT2D eigenvalue weighted by Crippen LogP contribution is -2.58. The SMILES string of the molecule is CC(C)(C)NC(=O)N[C@H](C(=O)C1CC2C([C@H]1C(=O)N[C@@H](CC1CCC1)C(=O)C(N)=O)C2(C)C)C(C)(C)C. The Hall–Kier alpha value is -2.45. The molecule has 5 N–H and O–H groups in total. The zero-order valence-electron chi connectivity index (χ0n) is 23.7. The molecule has 0 heterocycles. The van der Waals surface area contributed by atoms with Crippen LogP contribution in [0.4, 0.5) is 4.79 Å². The molecule has 0 aromatic carbocycles. The van der Waals surface area contributed by atoms with E-state index in [9.17, 15) is 24.0 Å². The maximum absolute atomic E-state index is 14.0. The van der Waals surface area contributed by atoms with E-state index in [0.29, 0.717) is 12.8 Å². The van der Waals surface area contributed by atoms with Crippen molar-refractivity contribution in [2.75, 3.05) is 0 Å². The van der Waals surface area contributed by atoms with Gasteiger partial charge in [-0.3, -0.25) is 19.2 Å². The second kappa shape index (κ2) is 10.0. The highest BCUT2D eigenvalue weighted by Crippen LogP contribution is 2.71. The van der Waals surface area contributed by atoms with Gasteiger partial charge in [-0.15, -0.1) is 0 Å². The molecule has 208 valence electrons. The first-order chi connectivity index (χ1) is 16.8. The van der Waals surface area contributed by atoms with Gasteiger partial charge in [-0.05, 0) is 62.2 Å². The van der Waals surface area contributed by atoms with Crippen molar-refractivity contribution in [1.29, 1.82) is 0 Å². The number of primary amides is 1. The zero-order chi connectivity index (χ0) is 28.1. The monoisotopic (exact) mass is 518 g/mol. The van der Waals surface area contributed by atoms with Crippen LogP contribution in [0.3, 0.4) is 0 Å². The lowest BCUT2D eigenvalue weighted by atomic mass is 9.73. The van der Waals surface area contributed by atoms with Crippen molar-refractivity contribution >= 4 is 29.4 Å². The van der Waals surface area contributed by atoms with E-state index in [1.165, 1.54) is 0 Å². The van der Waals surface area contributed by atoms with E-state index in [2.05, 4.69) is 29.8 Å². The maximum atomic E-state index is 14.0. The third-order valence-electron chi connectivity index (χ3n) is 8.72. The van der Waals surface area contributed by atoms with E-state index >= 15 is 0 Å². The highest BCUT2D eigenvalue weighted by Gasteiger charge is 2.70. The number of carbonyl (C=O) groups excluding carboxylic acids is 5. The molecule has 9 nitrogen and oxygen atoms in total. The first kappa shape index (κ1) is 29.1. The van der Waals surface area contributed by atoms with E-state index in [-0.39, 0.29) is 34.9 Å². The van der Waals surface area contributed by atoms with Crippen LogP contribution < -0.4 is 21.7 Å². The lowest BCUT2D eigenvalue weighted by molar-refractivity contribution is -0.141. The van der Waals surface area contributed by atoms with Crippen molar-refractivity contribution in [1.82, 2.24) is 16.0 Å². The van der Waals surface area contributed by atoms with Gasteiger partial charge >= 0.3 is 6.03 Å². The molecule has 3 saturated carbocycles. The number of carbonyl (C=O) groups is 5. The summed E-state index contributed by atoms with van der Waals surface area (Å²) >= 11 is 0. The maximum Gasteiger partial charge on any atom is 0.315 e. The van der Waals surface area contributed by atoms with Gasteiger partial charge in [0, 0.05) is 11.5 Å². The van der Waals surface area contributed by atoms with Gasteiger partial charge in [-0.1, -0.05) is 53.9 Å². The van der Waals surface area contributed by atoms with Crippen LogP contribution in [0.5, 0.6) is 0 Å². The predicted octanol–water partition coefficient (Wildman–Crippen LogP) is 2.71. The number of Topliss-reactive ketones (excluding diaryl/α,β-unsaturated/α-hetero) is 2. The standard InChI is InChI=1S/C28H46N4O5/c1-26(2,3)22(31-25(37)32-27(4,5)6)20(33)15-13-16-19(28(16,7)8)18(15)24(36)30-17(21(34)23(29)35)12-14-10-9-11-14/h14-19,22H,9-13H2,1-8H3,(H2,29,35)(H,30,36)(H2,31,32,37)/t15?,16?,17-,18-,19?,22+/m0/s1. The van der Waals surface area contributed by atoms with Crippen molar-refractivity contribution in [2.24, 2.45) is 46.2 Å². The highest BCUT2D eigenvalue weighted by molar-refractivity contribution is 6.37. The van der Waals surface area contributed by atoms with Gasteiger partial charge in [0.15, 0.2) is 5.78 Å². The number of fused-ring (bicyclic) bond motifs is 1. The molecule has 0 radical (unpaired) electrons. The number of urea groups is 1. The van der Waals surface area contributed by atoms with Crippen LogP contribution in [0.25, 0.3) is 0 Å². The van der Waals surface area contributed by atoms with Gasteiger partial charge in [0.05, 0.1) is 18.0 Å². The van der Waals surface area contributed by atoms with E-state index in [4.69, 9.17) is 5.73 Å². The van der Waals surface area contributed by atoms with Crippen molar-refractivity contribution in [2.45, 2.75) is 105 Å². The van der Waals surface area contributed by atoms with Crippen LogP contribution >= 0.6 is 0 Å². The lowest BCUT2D eigenvalue weighted by Gasteiger charge is -2.36. The average Bonchev–Trinajstić information content (AvgIpc) is 3.06. The summed E-state index contributed by atoms with van der Waals surface area (Å²) in [6.45, 7) is 15.5. The number of amides is 4. The molecule has 9 heteroatoms. The van der Waals surface area contributed by atoms with Gasteiger partial charge in [-0.25, -0.2) is 4.79 Å². The first-order valence-electron chi connectivity index (χ1n) is 13.6. The third kappa shape index (κ3) is 6.34. The molecule has 0 spiro atoms. The molecule has 3 fully saturated rings. The molecular formula is C28H46N4O5. The summed E-state index contributed by atoms with van der Waals surface area (Å²) in [5.74, 6) is -3.13. The predicted molar refractivity (Wildman–Crippen MR) is 140 cm³/mol. The third-order valence-corrected chi connectivity index (χ3v) is 8.72. The minimum atomic E-state index is -1.06. The molecule has 6 atom stereocenters. The summed E-state index contributed by atoms with van der Waals surface area (Å²) in [5, 5.41) is 8.54. The van der Waals surface area contributed by atoms with Crippen molar-refractivity contribution in [3.8, 4) is 0 Å². The van der Waals surface area contributed by atoms with E-state index in [0.717, 1.165) is 19.3 Å². The molecule has 0 aromatic rings. The molecule has 3 aliphatic carbocycles. The van der Waals surface area contributed by atoms with E-state index in [1.54, 1.807) is 0 Å². The summed E-state index contributed by atoms with van der Waals surface area (Å²) in [7, 11) is 0. The molecule has 3 aliphatic rings. The Morgan fingerprint density at radius 1 is 0.973 bits per heavy atom. The molecule has 0 bridgehead atoms. The van der Waals surface area contributed by atoms with Gasteiger partial charge in [0.25, 0.3) is 5.91 Å². The van der Waals surface area contributed by atoms with Gasteiger partial charge in [0.2, 0.25) is 11.7 Å². The zero-order valence-corrected chi connectivity index (χ0v) is 23.7. The molecule has 4 amide bonds. The smallest absolute Gasteiger partial charge is 0.315 e. The number of hydrogen-bond donors (Lipinski definition) is 4. The Morgan fingerprint density at radius 2 is 1.57 bits per heavy atom. The van der Waals surface area contributed by atoms with Crippen LogP contribution in [0.1, 0.15) is 87.5 Å². The van der Waals surface area contributed by atoms with Crippen molar-refractivity contribution < 1.29 is 24.0 Å². The van der Waals surface area contributed by atoms with Crippen molar-refractivity contribution in [3.05, 3.63) is 0 Å². The topological polar surface area (TPSA) is 147 Å². The van der Waals surface area contributed by atoms with Gasteiger partial charge in [0.1, 0.15) is 0 Å². The fourth-order valence-corrected chi connectivity index (χ4v) is 6.43. The average molecular weight is 519 g/mol. The number of hydrogen-bond acceptors (Lipinski definition) is 5. The van der Waals surface area contributed by atoms with E-state index < -0.39 is 52.6 Å². The molecule has 37 heavy (non-hydrogen) atoms. The fraction of sp³-hybridized carbons (Fsp3) is 0.821. The first-order valence-corrected chi connectivity index (χ1v) is 13.6. The van der Waals surface area contributed by atoms with Gasteiger partial charge < -0.3 is 21.7 Å². The minimum Gasteiger partial charge on any atom is -0.363 e. The number of rotatable bonds is 9. The Labute approximate surface area is 220 Å². The highest BCUT2D eigenvalue weighted by atomic mass is 16.2. The van der Waals surface area contributed by atoms with Crippen molar-refractivity contribution in [3.63, 3.8) is 0 Å². The Balaban J connectivity index is 1.83. The Kier molecular flexibility index (Phi) is 7.89. The van der Waals surface area contributed by atoms with Gasteiger partial charge in [-0.2, -0.15) is 0 Å². The molecular weight excluding hydrogens is 472 g/mol. The summed E-state index contributed by atoms with van der Waals surface area (Å²) in [6, 6.07) is -2.20. The second-order valence-corrected chi connectivity index (χ2v) is 14.2. The van der Waals surface area contributed by atoms with Crippen LogP contribution in [0.2, 0.25) is 0 Å². The molecule has 3 unspecified atom stereocenters. The molecule has 0 aliphatic heterocycles.